The standard InChI is InChI=1S/C10H20N2O2/c1-7-5-8(11-10(2,3)4)6-12(7)9(13)14/h7-8,11H,5-6H2,1-4H3,(H,13,14)/t7-,8-/m1/s1. The summed E-state index contributed by atoms with van der Waals surface area (Å²) in [4.78, 5) is 12.3. The number of hydrogen-bond donors (Lipinski definition) is 2. The number of carbonyl (C=O) groups is 1. The van der Waals surface area contributed by atoms with Gasteiger partial charge in [-0.05, 0) is 34.1 Å². The Morgan fingerprint density at radius 2 is 2.07 bits per heavy atom. The molecule has 1 amide bonds. The van der Waals surface area contributed by atoms with Crippen LogP contribution in [0.25, 0.3) is 0 Å². The van der Waals surface area contributed by atoms with E-state index in [4.69, 9.17) is 5.11 Å². The van der Waals surface area contributed by atoms with Gasteiger partial charge in [0.1, 0.15) is 0 Å². The minimum absolute atomic E-state index is 0.0545. The van der Waals surface area contributed by atoms with Gasteiger partial charge in [0, 0.05) is 24.2 Å². The first kappa shape index (κ1) is 11.3. The second-order valence-corrected chi connectivity index (χ2v) is 5.11. The topological polar surface area (TPSA) is 52.6 Å². The Morgan fingerprint density at radius 1 is 1.50 bits per heavy atom. The van der Waals surface area contributed by atoms with E-state index in [1.807, 2.05) is 6.92 Å². The third-order valence-electron chi connectivity index (χ3n) is 2.46. The molecule has 0 aromatic heterocycles. The molecule has 1 rings (SSSR count). The summed E-state index contributed by atoms with van der Waals surface area (Å²) in [6, 6.07) is 0.424. The van der Waals surface area contributed by atoms with Gasteiger partial charge in [-0.1, -0.05) is 0 Å². The van der Waals surface area contributed by atoms with Crippen LogP contribution in [0.1, 0.15) is 34.1 Å². The molecule has 1 heterocycles. The van der Waals surface area contributed by atoms with Gasteiger partial charge in [0.2, 0.25) is 0 Å². The fourth-order valence-electron chi connectivity index (χ4n) is 2.01. The summed E-state index contributed by atoms with van der Waals surface area (Å²) in [7, 11) is 0. The quantitative estimate of drug-likeness (QED) is 0.674. The van der Waals surface area contributed by atoms with Gasteiger partial charge >= 0.3 is 6.09 Å². The third kappa shape index (κ3) is 2.87. The molecule has 0 unspecified atom stereocenters. The van der Waals surface area contributed by atoms with Crippen LogP contribution < -0.4 is 5.32 Å². The molecule has 1 aliphatic rings. The van der Waals surface area contributed by atoms with Crippen LogP contribution in [0, 0.1) is 0 Å². The van der Waals surface area contributed by atoms with E-state index >= 15 is 0 Å². The van der Waals surface area contributed by atoms with Crippen LogP contribution in [0.3, 0.4) is 0 Å². The van der Waals surface area contributed by atoms with Crippen molar-refractivity contribution in [1.29, 1.82) is 0 Å². The van der Waals surface area contributed by atoms with Crippen molar-refractivity contribution in [3.63, 3.8) is 0 Å². The van der Waals surface area contributed by atoms with E-state index in [0.717, 1.165) is 6.42 Å². The zero-order valence-corrected chi connectivity index (χ0v) is 9.37. The summed E-state index contributed by atoms with van der Waals surface area (Å²) < 4.78 is 0. The molecule has 14 heavy (non-hydrogen) atoms. The Labute approximate surface area is 85.3 Å². The number of carboxylic acid groups (broad SMARTS) is 1. The lowest BCUT2D eigenvalue weighted by atomic mass is 10.1. The van der Waals surface area contributed by atoms with Crippen LogP contribution in [-0.2, 0) is 0 Å². The Kier molecular flexibility index (Phi) is 3.04. The van der Waals surface area contributed by atoms with Crippen molar-refractivity contribution in [2.45, 2.75) is 51.7 Å². The highest BCUT2D eigenvalue weighted by Crippen LogP contribution is 2.19. The first-order valence-corrected chi connectivity index (χ1v) is 5.07. The number of hydrogen-bond acceptors (Lipinski definition) is 2. The van der Waals surface area contributed by atoms with Crippen LogP contribution >= 0.6 is 0 Å². The van der Waals surface area contributed by atoms with Gasteiger partial charge < -0.3 is 15.3 Å². The zero-order chi connectivity index (χ0) is 10.9. The fraction of sp³-hybridized carbons (Fsp3) is 0.900. The van der Waals surface area contributed by atoms with Crippen LogP contribution in [0.4, 0.5) is 4.79 Å². The molecular formula is C10H20N2O2. The predicted octanol–water partition coefficient (Wildman–Crippen LogP) is 1.52. The molecule has 1 saturated heterocycles. The van der Waals surface area contributed by atoms with Crippen molar-refractivity contribution in [1.82, 2.24) is 10.2 Å². The predicted molar refractivity (Wildman–Crippen MR) is 55.5 cm³/mol. The second-order valence-electron chi connectivity index (χ2n) is 5.11. The maximum absolute atomic E-state index is 10.8. The molecule has 1 fully saturated rings. The minimum atomic E-state index is -0.810. The van der Waals surface area contributed by atoms with Crippen molar-refractivity contribution < 1.29 is 9.90 Å². The highest BCUT2D eigenvalue weighted by atomic mass is 16.4. The Hall–Kier alpha value is -0.770. The van der Waals surface area contributed by atoms with E-state index in [1.165, 1.54) is 4.90 Å². The van der Waals surface area contributed by atoms with Crippen molar-refractivity contribution >= 4 is 6.09 Å². The summed E-state index contributed by atoms with van der Waals surface area (Å²) in [5, 5.41) is 12.3. The normalized spacial score (nSPS) is 28.1. The van der Waals surface area contributed by atoms with Crippen molar-refractivity contribution in [3.05, 3.63) is 0 Å². The van der Waals surface area contributed by atoms with Crippen LogP contribution in [0.2, 0.25) is 0 Å². The average molecular weight is 200 g/mol. The lowest BCUT2D eigenvalue weighted by molar-refractivity contribution is 0.142. The smallest absolute Gasteiger partial charge is 0.407 e. The summed E-state index contributed by atoms with van der Waals surface area (Å²) in [5.41, 5.74) is 0.0545. The second kappa shape index (κ2) is 3.77. The molecule has 0 bridgehead atoms. The Balaban J connectivity index is 2.51. The lowest BCUT2D eigenvalue weighted by Gasteiger charge is -2.25. The highest BCUT2D eigenvalue weighted by Gasteiger charge is 2.33. The third-order valence-corrected chi connectivity index (χ3v) is 2.46. The molecule has 2 N–H and O–H groups in total. The molecule has 4 nitrogen and oxygen atoms in total. The number of nitrogens with one attached hydrogen (secondary N) is 1. The molecule has 0 spiro atoms. The van der Waals surface area contributed by atoms with Crippen molar-refractivity contribution in [2.75, 3.05) is 6.54 Å². The van der Waals surface area contributed by atoms with E-state index in [9.17, 15) is 4.79 Å². The van der Waals surface area contributed by atoms with Gasteiger partial charge in [-0.3, -0.25) is 0 Å². The maximum Gasteiger partial charge on any atom is 0.407 e. The molecular weight excluding hydrogens is 180 g/mol. The molecule has 0 saturated carbocycles. The number of rotatable bonds is 1. The molecule has 4 heteroatoms. The van der Waals surface area contributed by atoms with Gasteiger partial charge in [0.25, 0.3) is 0 Å². The van der Waals surface area contributed by atoms with E-state index in [0.29, 0.717) is 12.6 Å². The maximum atomic E-state index is 10.8. The van der Waals surface area contributed by atoms with Crippen LogP contribution in [-0.4, -0.2) is 40.3 Å². The molecule has 0 radical (unpaired) electrons. The van der Waals surface area contributed by atoms with Gasteiger partial charge in [-0.25, -0.2) is 4.79 Å². The summed E-state index contributed by atoms with van der Waals surface area (Å²) in [5.74, 6) is 0. The summed E-state index contributed by atoms with van der Waals surface area (Å²) in [6.07, 6.45) is 0.0968. The first-order valence-electron chi connectivity index (χ1n) is 5.07. The van der Waals surface area contributed by atoms with E-state index < -0.39 is 6.09 Å². The summed E-state index contributed by atoms with van der Waals surface area (Å²) in [6.45, 7) is 8.86. The van der Waals surface area contributed by atoms with Crippen molar-refractivity contribution in [2.24, 2.45) is 0 Å². The summed E-state index contributed by atoms with van der Waals surface area (Å²) >= 11 is 0. The van der Waals surface area contributed by atoms with Gasteiger partial charge in [0.05, 0.1) is 0 Å². The lowest BCUT2D eigenvalue weighted by Crippen LogP contribution is -2.45. The average Bonchev–Trinajstić information content (AvgIpc) is 2.26. The van der Waals surface area contributed by atoms with E-state index in [-0.39, 0.29) is 11.6 Å². The molecule has 2 atom stereocenters. The molecule has 82 valence electrons. The van der Waals surface area contributed by atoms with Gasteiger partial charge in [0.15, 0.2) is 0 Å². The molecule has 1 aliphatic heterocycles. The monoisotopic (exact) mass is 200 g/mol. The highest BCUT2D eigenvalue weighted by molar-refractivity contribution is 5.65. The molecule has 0 aromatic rings. The number of nitrogens with zero attached hydrogens (tertiary/aromatic N) is 1. The molecule has 0 aromatic carbocycles. The van der Waals surface area contributed by atoms with Crippen LogP contribution in [0.5, 0.6) is 0 Å². The SMILES string of the molecule is C[C@@H]1C[C@@H](NC(C)(C)C)CN1C(=O)O. The zero-order valence-electron chi connectivity index (χ0n) is 9.37. The largest absolute Gasteiger partial charge is 0.465 e. The molecule has 0 aliphatic carbocycles. The fourth-order valence-corrected chi connectivity index (χ4v) is 2.01. The number of amides is 1. The van der Waals surface area contributed by atoms with E-state index in [1.54, 1.807) is 0 Å². The Morgan fingerprint density at radius 3 is 2.43 bits per heavy atom. The van der Waals surface area contributed by atoms with E-state index in [2.05, 4.69) is 26.1 Å². The Bertz CT molecular complexity index is 223. The van der Waals surface area contributed by atoms with Gasteiger partial charge in [-0.2, -0.15) is 0 Å². The van der Waals surface area contributed by atoms with Gasteiger partial charge in [-0.15, -0.1) is 0 Å². The van der Waals surface area contributed by atoms with Crippen LogP contribution in [0.15, 0.2) is 0 Å². The first-order chi connectivity index (χ1) is 6.29. The van der Waals surface area contributed by atoms with Crippen molar-refractivity contribution in [3.8, 4) is 0 Å². The minimum Gasteiger partial charge on any atom is -0.465 e. The number of likely N-dealkylation sites (tertiary alicyclic amines) is 1.